The molecule has 10 rings (SSSR count). The zero-order chi connectivity index (χ0) is 35.1. The fourth-order valence-electron chi connectivity index (χ4n) is 7.35. The molecule has 2 heterocycles. The second-order valence-corrected chi connectivity index (χ2v) is 13.2. The molecule has 0 aliphatic carbocycles. The van der Waals surface area contributed by atoms with E-state index in [0.29, 0.717) is 17.5 Å². The molecule has 0 N–H and O–H groups in total. The first-order valence-electron chi connectivity index (χ1n) is 17.8. The van der Waals surface area contributed by atoms with Gasteiger partial charge >= 0.3 is 0 Å². The van der Waals surface area contributed by atoms with Crippen LogP contribution in [0.4, 0.5) is 0 Å². The summed E-state index contributed by atoms with van der Waals surface area (Å²) in [6.45, 7) is 0. The Hall–Kier alpha value is -7.17. The number of aromatic nitrogens is 3. The fourth-order valence-corrected chi connectivity index (χ4v) is 7.35. The first kappa shape index (κ1) is 30.6. The molecule has 10 aromatic rings. The zero-order valence-corrected chi connectivity index (χ0v) is 28.6. The van der Waals surface area contributed by atoms with Crippen LogP contribution in [0.15, 0.2) is 192 Å². The molecule has 0 radical (unpaired) electrons. The number of furan rings is 1. The van der Waals surface area contributed by atoms with E-state index in [1.807, 2.05) is 66.7 Å². The SMILES string of the molecule is c1ccc(-c2nc(-c3ccccc3)nc(-c3ccc(-c4cccc(-c5cc6c7ccccc7oc6c6c(-c7ccccc7)cccc56)c4)cc3)n2)cc1. The molecular weight excluding hydrogens is 647 g/mol. The molecule has 0 fully saturated rings. The molecule has 248 valence electrons. The fraction of sp³-hybridized carbons (Fsp3) is 0. The molecule has 8 aromatic carbocycles. The molecule has 53 heavy (non-hydrogen) atoms. The van der Waals surface area contributed by atoms with Crippen molar-refractivity contribution in [2.75, 3.05) is 0 Å². The Morgan fingerprint density at radius 1 is 0.302 bits per heavy atom. The first-order chi connectivity index (χ1) is 26.3. The molecule has 2 aromatic heterocycles. The third-order valence-corrected chi connectivity index (χ3v) is 9.94. The number of fused-ring (bicyclic) bond motifs is 5. The minimum Gasteiger partial charge on any atom is -0.455 e. The normalized spacial score (nSPS) is 11.4. The highest BCUT2D eigenvalue weighted by Crippen LogP contribution is 2.44. The van der Waals surface area contributed by atoms with E-state index in [0.717, 1.165) is 77.2 Å². The van der Waals surface area contributed by atoms with Gasteiger partial charge in [-0.05, 0) is 57.0 Å². The third-order valence-electron chi connectivity index (χ3n) is 9.94. The molecule has 0 saturated heterocycles. The summed E-state index contributed by atoms with van der Waals surface area (Å²) >= 11 is 0. The van der Waals surface area contributed by atoms with E-state index in [1.54, 1.807) is 0 Å². The maximum Gasteiger partial charge on any atom is 0.164 e. The highest BCUT2D eigenvalue weighted by atomic mass is 16.3. The van der Waals surface area contributed by atoms with Crippen molar-refractivity contribution in [3.8, 4) is 67.5 Å². The van der Waals surface area contributed by atoms with Crippen molar-refractivity contribution >= 4 is 32.7 Å². The van der Waals surface area contributed by atoms with Crippen LogP contribution in [0, 0.1) is 0 Å². The average Bonchev–Trinajstić information content (AvgIpc) is 3.63. The second-order valence-electron chi connectivity index (χ2n) is 13.2. The van der Waals surface area contributed by atoms with Crippen LogP contribution in [-0.2, 0) is 0 Å². The van der Waals surface area contributed by atoms with Gasteiger partial charge in [0.25, 0.3) is 0 Å². The van der Waals surface area contributed by atoms with Crippen molar-refractivity contribution in [3.05, 3.63) is 188 Å². The Balaban J connectivity index is 1.08. The number of hydrogen-bond donors (Lipinski definition) is 0. The maximum atomic E-state index is 6.61. The van der Waals surface area contributed by atoms with Gasteiger partial charge in [-0.3, -0.25) is 0 Å². The molecule has 0 atom stereocenters. The summed E-state index contributed by atoms with van der Waals surface area (Å²) in [6, 6.07) is 65.2. The first-order valence-corrected chi connectivity index (χ1v) is 17.8. The molecule has 4 nitrogen and oxygen atoms in total. The van der Waals surface area contributed by atoms with Crippen LogP contribution in [0.3, 0.4) is 0 Å². The van der Waals surface area contributed by atoms with Crippen LogP contribution in [0.2, 0.25) is 0 Å². The quantitative estimate of drug-likeness (QED) is 0.176. The Morgan fingerprint density at radius 2 is 0.792 bits per heavy atom. The Kier molecular flexibility index (Phi) is 7.43. The monoisotopic (exact) mass is 677 g/mol. The molecule has 0 saturated carbocycles. The van der Waals surface area contributed by atoms with Gasteiger partial charge in [0.15, 0.2) is 17.5 Å². The van der Waals surface area contributed by atoms with Crippen molar-refractivity contribution in [3.63, 3.8) is 0 Å². The summed E-state index contributed by atoms with van der Waals surface area (Å²) in [5.74, 6) is 1.94. The van der Waals surface area contributed by atoms with Crippen LogP contribution in [0.1, 0.15) is 0 Å². The molecule has 4 heteroatoms. The van der Waals surface area contributed by atoms with Crippen molar-refractivity contribution in [1.29, 1.82) is 0 Å². The van der Waals surface area contributed by atoms with E-state index in [4.69, 9.17) is 19.4 Å². The van der Waals surface area contributed by atoms with Gasteiger partial charge in [-0.25, -0.2) is 15.0 Å². The van der Waals surface area contributed by atoms with Gasteiger partial charge < -0.3 is 4.42 Å². The maximum absolute atomic E-state index is 6.61. The topological polar surface area (TPSA) is 51.8 Å². The number of hydrogen-bond acceptors (Lipinski definition) is 4. The number of rotatable bonds is 6. The Labute approximate surface area is 306 Å². The Bertz CT molecular complexity index is 2860. The highest BCUT2D eigenvalue weighted by molar-refractivity contribution is 6.22. The van der Waals surface area contributed by atoms with E-state index in [-0.39, 0.29) is 0 Å². The van der Waals surface area contributed by atoms with Gasteiger partial charge in [-0.1, -0.05) is 170 Å². The Morgan fingerprint density at radius 3 is 1.45 bits per heavy atom. The molecule has 0 unspecified atom stereocenters. The van der Waals surface area contributed by atoms with Crippen LogP contribution >= 0.6 is 0 Å². The molecule has 0 aliphatic heterocycles. The lowest BCUT2D eigenvalue weighted by Gasteiger charge is -2.14. The van der Waals surface area contributed by atoms with Crippen LogP contribution in [0.25, 0.3) is 100 Å². The van der Waals surface area contributed by atoms with Gasteiger partial charge in [0.05, 0.1) is 0 Å². The summed E-state index contributed by atoms with van der Waals surface area (Å²) in [4.78, 5) is 14.7. The summed E-state index contributed by atoms with van der Waals surface area (Å²) in [6.07, 6.45) is 0. The van der Waals surface area contributed by atoms with Crippen molar-refractivity contribution < 1.29 is 4.42 Å². The number of para-hydroxylation sites is 1. The van der Waals surface area contributed by atoms with Crippen LogP contribution < -0.4 is 0 Å². The van der Waals surface area contributed by atoms with Crippen molar-refractivity contribution in [2.24, 2.45) is 0 Å². The van der Waals surface area contributed by atoms with Crippen LogP contribution in [-0.4, -0.2) is 15.0 Å². The lowest BCUT2D eigenvalue weighted by Crippen LogP contribution is -2.00. The largest absolute Gasteiger partial charge is 0.455 e. The predicted octanol–water partition coefficient (Wildman–Crippen LogP) is 12.9. The van der Waals surface area contributed by atoms with Crippen molar-refractivity contribution in [2.45, 2.75) is 0 Å². The molecule has 0 amide bonds. The van der Waals surface area contributed by atoms with Gasteiger partial charge in [-0.2, -0.15) is 0 Å². The van der Waals surface area contributed by atoms with Gasteiger partial charge in [-0.15, -0.1) is 0 Å². The number of nitrogens with zero attached hydrogens (tertiary/aromatic N) is 3. The summed E-state index contributed by atoms with van der Waals surface area (Å²) in [5, 5.41) is 4.51. The van der Waals surface area contributed by atoms with Crippen LogP contribution in [0.5, 0.6) is 0 Å². The van der Waals surface area contributed by atoms with Gasteiger partial charge in [0.2, 0.25) is 0 Å². The highest BCUT2D eigenvalue weighted by Gasteiger charge is 2.19. The summed E-state index contributed by atoms with van der Waals surface area (Å²) in [7, 11) is 0. The minimum atomic E-state index is 0.638. The lowest BCUT2D eigenvalue weighted by atomic mass is 9.90. The molecule has 0 bridgehead atoms. The average molecular weight is 678 g/mol. The second kappa shape index (κ2) is 12.9. The summed E-state index contributed by atoms with van der Waals surface area (Å²) in [5.41, 5.74) is 11.5. The zero-order valence-electron chi connectivity index (χ0n) is 28.6. The summed E-state index contributed by atoms with van der Waals surface area (Å²) < 4.78 is 6.61. The van der Waals surface area contributed by atoms with Gasteiger partial charge in [0, 0.05) is 32.8 Å². The van der Waals surface area contributed by atoms with E-state index >= 15 is 0 Å². The van der Waals surface area contributed by atoms with E-state index in [2.05, 4.69) is 121 Å². The smallest absolute Gasteiger partial charge is 0.164 e. The number of benzene rings is 8. The molecule has 0 spiro atoms. The van der Waals surface area contributed by atoms with E-state index in [1.165, 1.54) is 5.56 Å². The predicted molar refractivity (Wildman–Crippen MR) is 217 cm³/mol. The molecule has 0 aliphatic rings. The van der Waals surface area contributed by atoms with Crippen molar-refractivity contribution in [1.82, 2.24) is 15.0 Å². The van der Waals surface area contributed by atoms with E-state index < -0.39 is 0 Å². The standard InChI is InChI=1S/C49H31N3O/c1-4-14-33(15-5-1)39-23-13-24-41-42(31-43-40-22-10-11-25-44(40)53-46(43)45(39)41)38-21-12-20-37(30-38)32-26-28-36(29-27-32)49-51-47(34-16-6-2-7-17-34)50-48(52-49)35-18-8-3-9-19-35/h1-31H. The van der Waals surface area contributed by atoms with E-state index in [9.17, 15) is 0 Å². The molecular formula is C49H31N3O. The van der Waals surface area contributed by atoms with Gasteiger partial charge in [0.1, 0.15) is 11.2 Å². The third kappa shape index (κ3) is 5.54. The minimum absolute atomic E-state index is 0.638. The lowest BCUT2D eigenvalue weighted by molar-refractivity contribution is 0.673.